The Morgan fingerprint density at radius 1 is 1.10 bits per heavy atom. The normalized spacial score (nSPS) is 11.5. The number of ketones is 1. The van der Waals surface area contributed by atoms with Gasteiger partial charge in [0.2, 0.25) is 0 Å². The molecule has 3 heterocycles. The molecular weight excluding hydrogens is 492 g/mol. The molecule has 1 aromatic carbocycles. The summed E-state index contributed by atoms with van der Waals surface area (Å²) in [6, 6.07) is 11.0. The molecule has 0 radical (unpaired) electrons. The first-order chi connectivity index (χ1) is 18.5. The van der Waals surface area contributed by atoms with E-state index in [2.05, 4.69) is 20.3 Å². The SMILES string of the molecule is Cc1cc(C)c(CNC(=O)c2cc(-c3ccc(C(=O)CCCN(C)C)cc3)nc3c2cnn3C(C)C)c(=O)[nH]1. The number of aryl methyl sites for hydroxylation is 2. The van der Waals surface area contributed by atoms with Crippen LogP contribution in [0.2, 0.25) is 0 Å². The Balaban J connectivity index is 1.65. The van der Waals surface area contributed by atoms with Gasteiger partial charge < -0.3 is 15.2 Å². The van der Waals surface area contributed by atoms with Gasteiger partial charge in [0.15, 0.2) is 11.4 Å². The average molecular weight is 529 g/mol. The molecule has 0 saturated heterocycles. The highest BCUT2D eigenvalue weighted by Gasteiger charge is 2.19. The van der Waals surface area contributed by atoms with Crippen LogP contribution in [0, 0.1) is 13.8 Å². The molecule has 0 atom stereocenters. The summed E-state index contributed by atoms with van der Waals surface area (Å²) in [5, 5.41) is 8.02. The summed E-state index contributed by atoms with van der Waals surface area (Å²) in [6.45, 7) is 8.65. The Kier molecular flexibility index (Phi) is 8.40. The topological polar surface area (TPSA) is 113 Å². The molecule has 0 spiro atoms. The number of carbonyl (C=O) groups is 2. The summed E-state index contributed by atoms with van der Waals surface area (Å²) in [7, 11) is 3.98. The van der Waals surface area contributed by atoms with E-state index in [1.807, 2.05) is 72.1 Å². The average Bonchev–Trinajstić information content (AvgIpc) is 3.31. The molecule has 9 heteroatoms. The highest BCUT2D eigenvalue weighted by molar-refractivity contribution is 6.06. The monoisotopic (exact) mass is 528 g/mol. The van der Waals surface area contributed by atoms with Gasteiger partial charge in [-0.2, -0.15) is 5.10 Å². The molecule has 0 aliphatic carbocycles. The van der Waals surface area contributed by atoms with Crippen LogP contribution in [0.3, 0.4) is 0 Å². The number of hydrogen-bond acceptors (Lipinski definition) is 6. The first-order valence-corrected chi connectivity index (χ1v) is 13.2. The number of aromatic nitrogens is 4. The van der Waals surface area contributed by atoms with Gasteiger partial charge in [0.05, 0.1) is 22.8 Å². The second-order valence-electron chi connectivity index (χ2n) is 10.5. The molecule has 0 aliphatic rings. The number of benzene rings is 1. The van der Waals surface area contributed by atoms with Crippen LogP contribution in [0.1, 0.15) is 70.3 Å². The minimum Gasteiger partial charge on any atom is -0.348 e. The van der Waals surface area contributed by atoms with E-state index in [-0.39, 0.29) is 29.8 Å². The lowest BCUT2D eigenvalue weighted by Crippen LogP contribution is -2.28. The first-order valence-electron chi connectivity index (χ1n) is 13.2. The summed E-state index contributed by atoms with van der Waals surface area (Å²) in [5.74, 6) is -0.217. The third-order valence-electron chi connectivity index (χ3n) is 6.73. The molecule has 1 amide bonds. The fraction of sp³-hybridized carbons (Fsp3) is 0.367. The van der Waals surface area contributed by atoms with E-state index >= 15 is 0 Å². The van der Waals surface area contributed by atoms with Crippen LogP contribution in [0.15, 0.2) is 47.4 Å². The van der Waals surface area contributed by atoms with Gasteiger partial charge in [-0.1, -0.05) is 24.3 Å². The molecule has 4 aromatic rings. The van der Waals surface area contributed by atoms with Crippen LogP contribution in [0.5, 0.6) is 0 Å². The van der Waals surface area contributed by atoms with Crippen molar-refractivity contribution in [1.82, 2.24) is 30.0 Å². The van der Waals surface area contributed by atoms with Crippen LogP contribution in [0.25, 0.3) is 22.3 Å². The van der Waals surface area contributed by atoms with Crippen molar-refractivity contribution >= 4 is 22.7 Å². The van der Waals surface area contributed by atoms with E-state index in [4.69, 9.17) is 4.98 Å². The molecule has 0 saturated carbocycles. The molecule has 39 heavy (non-hydrogen) atoms. The van der Waals surface area contributed by atoms with Gasteiger partial charge in [0.25, 0.3) is 11.5 Å². The maximum Gasteiger partial charge on any atom is 0.253 e. The van der Waals surface area contributed by atoms with Gasteiger partial charge in [-0.05, 0) is 72.5 Å². The molecule has 4 rings (SSSR count). The van der Waals surface area contributed by atoms with E-state index in [0.29, 0.717) is 39.8 Å². The number of amides is 1. The number of fused-ring (bicyclic) bond motifs is 1. The largest absolute Gasteiger partial charge is 0.348 e. The van der Waals surface area contributed by atoms with E-state index in [1.54, 1.807) is 16.9 Å². The minimum absolute atomic E-state index is 0.0390. The van der Waals surface area contributed by atoms with Crippen molar-refractivity contribution in [3.63, 3.8) is 0 Å². The Morgan fingerprint density at radius 3 is 2.46 bits per heavy atom. The zero-order valence-corrected chi connectivity index (χ0v) is 23.5. The summed E-state index contributed by atoms with van der Waals surface area (Å²) >= 11 is 0. The number of aromatic amines is 1. The lowest BCUT2D eigenvalue weighted by molar-refractivity contribution is 0.0950. The lowest BCUT2D eigenvalue weighted by Gasteiger charge is -2.12. The van der Waals surface area contributed by atoms with Gasteiger partial charge in [-0.15, -0.1) is 0 Å². The maximum atomic E-state index is 13.4. The third kappa shape index (κ3) is 6.31. The molecule has 0 aliphatic heterocycles. The number of Topliss-reactive ketones (excluding diaryl/α,β-unsaturated/α-hetero) is 1. The molecule has 3 aromatic heterocycles. The molecule has 0 fully saturated rings. The van der Waals surface area contributed by atoms with Gasteiger partial charge in [-0.25, -0.2) is 9.67 Å². The highest BCUT2D eigenvalue weighted by atomic mass is 16.2. The highest BCUT2D eigenvalue weighted by Crippen LogP contribution is 2.27. The van der Waals surface area contributed by atoms with E-state index < -0.39 is 0 Å². The molecule has 2 N–H and O–H groups in total. The van der Waals surface area contributed by atoms with Crippen LogP contribution in [0.4, 0.5) is 0 Å². The van der Waals surface area contributed by atoms with Crippen molar-refractivity contribution in [3.05, 3.63) is 80.9 Å². The van der Waals surface area contributed by atoms with Crippen LogP contribution in [-0.4, -0.2) is 57.0 Å². The fourth-order valence-electron chi connectivity index (χ4n) is 4.62. The zero-order chi connectivity index (χ0) is 28.3. The number of pyridine rings is 2. The Morgan fingerprint density at radius 2 is 1.82 bits per heavy atom. The second-order valence-corrected chi connectivity index (χ2v) is 10.5. The number of hydrogen-bond donors (Lipinski definition) is 2. The molecule has 9 nitrogen and oxygen atoms in total. The van der Waals surface area contributed by atoms with Crippen molar-refractivity contribution in [2.24, 2.45) is 0 Å². The zero-order valence-electron chi connectivity index (χ0n) is 23.5. The van der Waals surface area contributed by atoms with Gasteiger partial charge in [-0.3, -0.25) is 14.4 Å². The summed E-state index contributed by atoms with van der Waals surface area (Å²) in [6.07, 6.45) is 2.95. The molecule has 0 bridgehead atoms. The van der Waals surface area contributed by atoms with Crippen LogP contribution in [-0.2, 0) is 6.54 Å². The lowest BCUT2D eigenvalue weighted by atomic mass is 10.0. The quantitative estimate of drug-likeness (QED) is 0.294. The molecule has 204 valence electrons. The Bertz CT molecular complexity index is 1560. The van der Waals surface area contributed by atoms with Crippen molar-refractivity contribution in [3.8, 4) is 11.3 Å². The van der Waals surface area contributed by atoms with E-state index in [9.17, 15) is 14.4 Å². The number of rotatable bonds is 10. The number of carbonyl (C=O) groups excluding carboxylic acids is 2. The predicted octanol–water partition coefficient (Wildman–Crippen LogP) is 4.44. The predicted molar refractivity (Wildman–Crippen MR) is 153 cm³/mol. The van der Waals surface area contributed by atoms with E-state index in [0.717, 1.165) is 29.8 Å². The smallest absolute Gasteiger partial charge is 0.253 e. The van der Waals surface area contributed by atoms with Crippen molar-refractivity contribution in [2.45, 2.75) is 53.1 Å². The minimum atomic E-state index is -0.320. The fourth-order valence-corrected chi connectivity index (χ4v) is 4.62. The number of nitrogens with zero attached hydrogens (tertiary/aromatic N) is 4. The number of H-pyrrole nitrogens is 1. The molecule has 0 unspecified atom stereocenters. The van der Waals surface area contributed by atoms with Crippen LogP contribution >= 0.6 is 0 Å². The summed E-state index contributed by atoms with van der Waals surface area (Å²) in [5.41, 5.74) is 4.97. The summed E-state index contributed by atoms with van der Waals surface area (Å²) in [4.78, 5) is 48.2. The third-order valence-corrected chi connectivity index (χ3v) is 6.73. The van der Waals surface area contributed by atoms with Gasteiger partial charge in [0.1, 0.15) is 0 Å². The van der Waals surface area contributed by atoms with Gasteiger partial charge in [0, 0.05) is 41.4 Å². The van der Waals surface area contributed by atoms with Crippen molar-refractivity contribution in [2.75, 3.05) is 20.6 Å². The molecular formula is C30H36N6O3. The summed E-state index contributed by atoms with van der Waals surface area (Å²) < 4.78 is 1.78. The van der Waals surface area contributed by atoms with Crippen molar-refractivity contribution in [1.29, 1.82) is 0 Å². The first kappa shape index (κ1) is 27.9. The Labute approximate surface area is 228 Å². The van der Waals surface area contributed by atoms with Crippen molar-refractivity contribution < 1.29 is 9.59 Å². The number of nitrogens with one attached hydrogen (secondary N) is 2. The standard InChI is InChI=1S/C30H36N6O3/c1-18(2)36-28-25(17-32-36)23(29(38)31-16-24-19(3)14-20(4)33-30(24)39)15-26(34-28)21-9-11-22(12-10-21)27(37)8-7-13-35(5)6/h9-12,14-15,17-18H,7-8,13,16H2,1-6H3,(H,31,38)(H,33,39). The van der Waals surface area contributed by atoms with E-state index in [1.165, 1.54) is 0 Å². The maximum absolute atomic E-state index is 13.4. The van der Waals surface area contributed by atoms with Gasteiger partial charge >= 0.3 is 0 Å². The second kappa shape index (κ2) is 11.7. The Hall–Kier alpha value is -4.11. The van der Waals surface area contributed by atoms with Crippen LogP contribution < -0.4 is 10.9 Å².